The largest absolute Gasteiger partial charge is 0.372 e. The van der Waals surface area contributed by atoms with Crippen molar-refractivity contribution in [1.29, 1.82) is 0 Å². The van der Waals surface area contributed by atoms with Gasteiger partial charge in [0.15, 0.2) is 0 Å². The predicted octanol–water partition coefficient (Wildman–Crippen LogP) is 3.54. The number of fused-ring (bicyclic) bond motifs is 1. The first-order valence-electron chi connectivity index (χ1n) is 6.62. The van der Waals surface area contributed by atoms with Crippen molar-refractivity contribution in [3.63, 3.8) is 0 Å². The molecular weight excluding hydrogens is 210 g/mol. The molecule has 2 heteroatoms. The Bertz CT molecular complexity index is 373. The molecule has 1 unspecified atom stereocenters. The number of benzene rings is 1. The summed E-state index contributed by atoms with van der Waals surface area (Å²) in [4.78, 5) is 0. The molecule has 1 aromatic carbocycles. The first-order chi connectivity index (χ1) is 8.16. The normalized spacial score (nSPS) is 16.2. The second-order valence-corrected chi connectivity index (χ2v) is 5.45. The minimum atomic E-state index is 0.180. The number of nitrogens with two attached hydrogens (primary N) is 1. The Labute approximate surface area is 104 Å². The summed E-state index contributed by atoms with van der Waals surface area (Å²) in [6, 6.07) is 6.73. The molecule has 0 fully saturated rings. The van der Waals surface area contributed by atoms with E-state index >= 15 is 0 Å². The van der Waals surface area contributed by atoms with Crippen molar-refractivity contribution in [2.24, 2.45) is 11.7 Å². The summed E-state index contributed by atoms with van der Waals surface area (Å²) in [5, 5.41) is 0. The van der Waals surface area contributed by atoms with Gasteiger partial charge in [-0.1, -0.05) is 44.9 Å². The van der Waals surface area contributed by atoms with Crippen molar-refractivity contribution < 1.29 is 4.74 Å². The number of ether oxygens (including phenoxy) is 1. The summed E-state index contributed by atoms with van der Waals surface area (Å²) in [5.74, 6) is 0.774. The van der Waals surface area contributed by atoms with E-state index in [-0.39, 0.29) is 6.04 Å². The van der Waals surface area contributed by atoms with Crippen LogP contribution in [-0.2, 0) is 18.0 Å². The molecule has 17 heavy (non-hydrogen) atoms. The van der Waals surface area contributed by atoms with Crippen LogP contribution < -0.4 is 5.73 Å². The van der Waals surface area contributed by atoms with Crippen LogP contribution in [0, 0.1) is 5.92 Å². The van der Waals surface area contributed by atoms with Gasteiger partial charge in [0.1, 0.15) is 0 Å². The zero-order valence-electron chi connectivity index (χ0n) is 10.9. The molecule has 1 aliphatic rings. The number of rotatable bonds is 5. The molecular formula is C15H23NO. The summed E-state index contributed by atoms with van der Waals surface area (Å²) in [6.45, 7) is 6.04. The molecule has 0 amide bonds. The van der Waals surface area contributed by atoms with Crippen LogP contribution in [0.5, 0.6) is 0 Å². The lowest BCUT2D eigenvalue weighted by Gasteiger charge is -2.14. The maximum atomic E-state index is 6.23. The van der Waals surface area contributed by atoms with E-state index in [0.717, 1.165) is 25.6 Å². The molecule has 0 saturated heterocycles. The first-order valence-corrected chi connectivity index (χ1v) is 6.62. The molecule has 0 aromatic heterocycles. The van der Waals surface area contributed by atoms with E-state index in [1.165, 1.54) is 29.5 Å². The van der Waals surface area contributed by atoms with E-state index < -0.39 is 0 Å². The van der Waals surface area contributed by atoms with Crippen molar-refractivity contribution >= 4 is 0 Å². The predicted molar refractivity (Wildman–Crippen MR) is 70.6 cm³/mol. The standard InChI is InChI=1S/C15H23NO/c1-11(2)4-3-5-15(16)12-6-7-13-9-17-10-14(13)8-12/h6-8,11,15H,3-5,9-10,16H2,1-2H3. The lowest BCUT2D eigenvalue weighted by molar-refractivity contribution is 0.134. The monoisotopic (exact) mass is 233 g/mol. The third-order valence-electron chi connectivity index (χ3n) is 3.47. The molecule has 2 N–H and O–H groups in total. The Morgan fingerprint density at radius 2 is 1.94 bits per heavy atom. The van der Waals surface area contributed by atoms with Crippen LogP contribution in [-0.4, -0.2) is 0 Å². The molecule has 0 spiro atoms. The molecule has 0 saturated carbocycles. The SMILES string of the molecule is CC(C)CCCC(N)c1ccc2c(c1)COC2. The summed E-state index contributed by atoms with van der Waals surface area (Å²) < 4.78 is 5.42. The van der Waals surface area contributed by atoms with Gasteiger partial charge in [-0.05, 0) is 29.0 Å². The number of hydrogen-bond donors (Lipinski definition) is 1. The molecule has 1 heterocycles. The van der Waals surface area contributed by atoms with Crippen molar-refractivity contribution in [3.8, 4) is 0 Å². The number of hydrogen-bond acceptors (Lipinski definition) is 2. The van der Waals surface area contributed by atoms with Gasteiger partial charge >= 0.3 is 0 Å². The highest BCUT2D eigenvalue weighted by molar-refractivity contribution is 5.34. The molecule has 1 atom stereocenters. The van der Waals surface area contributed by atoms with E-state index in [9.17, 15) is 0 Å². The van der Waals surface area contributed by atoms with Gasteiger partial charge in [0.2, 0.25) is 0 Å². The molecule has 1 aliphatic heterocycles. The van der Waals surface area contributed by atoms with Gasteiger partial charge in [0.25, 0.3) is 0 Å². The van der Waals surface area contributed by atoms with Gasteiger partial charge < -0.3 is 10.5 Å². The zero-order chi connectivity index (χ0) is 12.3. The van der Waals surface area contributed by atoms with Gasteiger partial charge in [0.05, 0.1) is 13.2 Å². The van der Waals surface area contributed by atoms with Gasteiger partial charge in [-0.2, -0.15) is 0 Å². The molecule has 1 aromatic rings. The van der Waals surface area contributed by atoms with Crippen molar-refractivity contribution in [1.82, 2.24) is 0 Å². The van der Waals surface area contributed by atoms with Crippen LogP contribution in [0.15, 0.2) is 18.2 Å². The highest BCUT2D eigenvalue weighted by Crippen LogP contribution is 2.25. The smallest absolute Gasteiger partial charge is 0.0725 e. The fourth-order valence-corrected chi connectivity index (χ4v) is 2.34. The van der Waals surface area contributed by atoms with Crippen LogP contribution in [0.1, 0.15) is 55.8 Å². The topological polar surface area (TPSA) is 35.2 Å². The summed E-state index contributed by atoms with van der Waals surface area (Å²) >= 11 is 0. The van der Waals surface area contributed by atoms with Crippen LogP contribution >= 0.6 is 0 Å². The molecule has 0 aliphatic carbocycles. The Morgan fingerprint density at radius 3 is 2.71 bits per heavy atom. The van der Waals surface area contributed by atoms with Gasteiger partial charge in [-0.25, -0.2) is 0 Å². The van der Waals surface area contributed by atoms with Crippen LogP contribution in [0.2, 0.25) is 0 Å². The third-order valence-corrected chi connectivity index (χ3v) is 3.47. The molecule has 2 rings (SSSR count). The average molecular weight is 233 g/mol. The fraction of sp³-hybridized carbons (Fsp3) is 0.600. The van der Waals surface area contributed by atoms with Crippen LogP contribution in [0.4, 0.5) is 0 Å². The summed E-state index contributed by atoms with van der Waals surface area (Å²) in [5.41, 5.74) is 10.1. The second kappa shape index (κ2) is 5.65. The van der Waals surface area contributed by atoms with Gasteiger partial charge in [-0.3, -0.25) is 0 Å². The highest BCUT2D eigenvalue weighted by Gasteiger charge is 2.14. The highest BCUT2D eigenvalue weighted by atomic mass is 16.5. The molecule has 94 valence electrons. The Balaban J connectivity index is 1.92. The van der Waals surface area contributed by atoms with E-state index in [4.69, 9.17) is 10.5 Å². The van der Waals surface area contributed by atoms with Crippen LogP contribution in [0.3, 0.4) is 0 Å². The van der Waals surface area contributed by atoms with Gasteiger partial charge in [0, 0.05) is 6.04 Å². The van der Waals surface area contributed by atoms with Gasteiger partial charge in [-0.15, -0.1) is 0 Å². The lowest BCUT2D eigenvalue weighted by atomic mass is 9.96. The van der Waals surface area contributed by atoms with Crippen molar-refractivity contribution in [3.05, 3.63) is 34.9 Å². The summed E-state index contributed by atoms with van der Waals surface area (Å²) in [6.07, 6.45) is 3.56. The Kier molecular flexibility index (Phi) is 4.19. The van der Waals surface area contributed by atoms with E-state index in [1.807, 2.05) is 0 Å². The van der Waals surface area contributed by atoms with Crippen LogP contribution in [0.25, 0.3) is 0 Å². The Morgan fingerprint density at radius 1 is 1.18 bits per heavy atom. The maximum absolute atomic E-state index is 6.23. The maximum Gasteiger partial charge on any atom is 0.0725 e. The zero-order valence-corrected chi connectivity index (χ0v) is 10.9. The van der Waals surface area contributed by atoms with Crippen molar-refractivity contribution in [2.75, 3.05) is 0 Å². The van der Waals surface area contributed by atoms with Crippen molar-refractivity contribution in [2.45, 2.75) is 52.4 Å². The minimum Gasteiger partial charge on any atom is -0.372 e. The molecule has 2 nitrogen and oxygen atoms in total. The second-order valence-electron chi connectivity index (χ2n) is 5.45. The average Bonchev–Trinajstić information content (AvgIpc) is 2.75. The molecule has 0 bridgehead atoms. The van der Waals surface area contributed by atoms with E-state index in [0.29, 0.717) is 0 Å². The fourth-order valence-electron chi connectivity index (χ4n) is 2.34. The first kappa shape index (κ1) is 12.6. The Hall–Kier alpha value is -0.860. The third kappa shape index (κ3) is 3.30. The summed E-state index contributed by atoms with van der Waals surface area (Å²) in [7, 11) is 0. The minimum absolute atomic E-state index is 0.180. The van der Waals surface area contributed by atoms with E-state index in [1.54, 1.807) is 0 Å². The molecule has 0 radical (unpaired) electrons. The lowest BCUT2D eigenvalue weighted by Crippen LogP contribution is -2.11. The van der Waals surface area contributed by atoms with E-state index in [2.05, 4.69) is 32.0 Å². The quantitative estimate of drug-likeness (QED) is 0.844.